The molecule has 0 aliphatic carbocycles. The third-order valence-electron chi connectivity index (χ3n) is 3.39. The van der Waals surface area contributed by atoms with Gasteiger partial charge in [0.05, 0.1) is 19.8 Å². The predicted octanol–water partition coefficient (Wildman–Crippen LogP) is 3.48. The number of ether oxygens (including phenoxy) is 3. The molecule has 0 aliphatic rings. The minimum Gasteiger partial charge on any atom is -0.497 e. The summed E-state index contributed by atoms with van der Waals surface area (Å²) < 4.78 is 20.8. The monoisotopic (exact) mass is 360 g/mol. The van der Waals surface area contributed by atoms with Crippen LogP contribution in [0.5, 0.6) is 11.5 Å². The first-order valence-corrected chi connectivity index (χ1v) is 8.21. The van der Waals surface area contributed by atoms with Crippen LogP contribution >= 0.6 is 11.3 Å². The fraction of sp³-hybridized carbons (Fsp3) is 0.235. The lowest BCUT2D eigenvalue weighted by molar-refractivity contribution is 0.0435. The highest BCUT2D eigenvalue weighted by atomic mass is 32.1. The number of rotatable bonds is 6. The molecule has 0 saturated carbocycles. The van der Waals surface area contributed by atoms with E-state index in [-0.39, 0.29) is 12.5 Å². The van der Waals surface area contributed by atoms with Crippen molar-refractivity contribution < 1.29 is 23.5 Å². The fourth-order valence-corrected chi connectivity index (χ4v) is 2.91. The number of hydrogen-bond donors (Lipinski definition) is 0. The average molecular weight is 360 g/mol. The number of nitrogens with zero attached hydrogens (tertiary/aromatic N) is 2. The number of benzene rings is 1. The van der Waals surface area contributed by atoms with Crippen molar-refractivity contribution in [2.75, 3.05) is 14.2 Å². The van der Waals surface area contributed by atoms with Gasteiger partial charge in [-0.25, -0.2) is 4.79 Å². The van der Waals surface area contributed by atoms with Crippen molar-refractivity contribution in [2.45, 2.75) is 13.5 Å². The van der Waals surface area contributed by atoms with Crippen LogP contribution in [0.25, 0.3) is 11.4 Å². The Kier molecular flexibility index (Phi) is 4.99. The molecule has 0 atom stereocenters. The van der Waals surface area contributed by atoms with Crippen molar-refractivity contribution in [3.8, 4) is 22.9 Å². The van der Waals surface area contributed by atoms with Crippen LogP contribution < -0.4 is 9.47 Å². The summed E-state index contributed by atoms with van der Waals surface area (Å²) in [4.78, 5) is 17.8. The lowest BCUT2D eigenvalue weighted by atomic mass is 10.2. The second-order valence-corrected chi connectivity index (χ2v) is 6.35. The molecular formula is C17H16N2O5S. The summed E-state index contributed by atoms with van der Waals surface area (Å²) in [6.45, 7) is 1.83. The minimum absolute atomic E-state index is 0.0960. The molecule has 130 valence electrons. The predicted molar refractivity (Wildman–Crippen MR) is 91.0 cm³/mol. The zero-order valence-corrected chi connectivity index (χ0v) is 14.8. The molecule has 0 aliphatic heterocycles. The molecule has 0 amide bonds. The average Bonchev–Trinajstić information content (AvgIpc) is 3.28. The van der Waals surface area contributed by atoms with Crippen LogP contribution in [0.3, 0.4) is 0 Å². The van der Waals surface area contributed by atoms with Gasteiger partial charge < -0.3 is 18.7 Å². The summed E-state index contributed by atoms with van der Waals surface area (Å²) >= 11 is 1.37. The summed E-state index contributed by atoms with van der Waals surface area (Å²) in [7, 11) is 3.12. The fourth-order valence-electron chi connectivity index (χ4n) is 2.15. The molecule has 2 heterocycles. The minimum atomic E-state index is -0.417. The van der Waals surface area contributed by atoms with E-state index in [4.69, 9.17) is 18.7 Å². The molecule has 8 heteroatoms. The number of aromatic nitrogens is 2. The van der Waals surface area contributed by atoms with Gasteiger partial charge in [-0.3, -0.25) is 0 Å². The highest BCUT2D eigenvalue weighted by Crippen LogP contribution is 2.31. The van der Waals surface area contributed by atoms with Crippen LogP contribution in [-0.2, 0) is 11.3 Å². The maximum Gasteiger partial charge on any atom is 0.348 e. The number of methoxy groups -OCH3 is 2. The Labute approximate surface area is 148 Å². The van der Waals surface area contributed by atoms with Gasteiger partial charge in [-0.2, -0.15) is 4.98 Å². The van der Waals surface area contributed by atoms with Crippen LogP contribution in [0, 0.1) is 6.92 Å². The number of aryl methyl sites for hydroxylation is 1. The number of carbonyl (C=O) groups excluding carboxylic acids is 1. The lowest BCUT2D eigenvalue weighted by Gasteiger charge is -2.07. The molecule has 0 bridgehead atoms. The van der Waals surface area contributed by atoms with Gasteiger partial charge in [0, 0.05) is 10.9 Å². The van der Waals surface area contributed by atoms with Crippen LogP contribution in [0.1, 0.15) is 20.4 Å². The van der Waals surface area contributed by atoms with Gasteiger partial charge in [0.25, 0.3) is 5.89 Å². The van der Waals surface area contributed by atoms with Crippen molar-refractivity contribution in [2.24, 2.45) is 0 Å². The number of carbonyl (C=O) groups is 1. The Morgan fingerprint density at radius 3 is 2.72 bits per heavy atom. The van der Waals surface area contributed by atoms with E-state index < -0.39 is 5.97 Å². The topological polar surface area (TPSA) is 83.7 Å². The third-order valence-corrected chi connectivity index (χ3v) is 4.37. The Morgan fingerprint density at radius 1 is 1.20 bits per heavy atom. The van der Waals surface area contributed by atoms with E-state index in [0.29, 0.717) is 27.8 Å². The van der Waals surface area contributed by atoms with Gasteiger partial charge in [0.15, 0.2) is 6.61 Å². The second-order valence-electron chi connectivity index (χ2n) is 5.06. The molecule has 0 radical (unpaired) electrons. The Morgan fingerprint density at radius 2 is 2.04 bits per heavy atom. The third kappa shape index (κ3) is 3.80. The number of hydrogen-bond acceptors (Lipinski definition) is 8. The van der Waals surface area contributed by atoms with Gasteiger partial charge >= 0.3 is 5.97 Å². The first-order valence-electron chi connectivity index (χ1n) is 7.39. The smallest absolute Gasteiger partial charge is 0.348 e. The van der Waals surface area contributed by atoms with E-state index in [9.17, 15) is 4.79 Å². The normalized spacial score (nSPS) is 10.5. The Balaban J connectivity index is 1.71. The molecule has 3 aromatic rings. The highest BCUT2D eigenvalue weighted by Gasteiger charge is 2.16. The largest absolute Gasteiger partial charge is 0.497 e. The van der Waals surface area contributed by atoms with Gasteiger partial charge in [0.1, 0.15) is 16.4 Å². The van der Waals surface area contributed by atoms with E-state index >= 15 is 0 Å². The van der Waals surface area contributed by atoms with Gasteiger partial charge in [-0.05, 0) is 31.2 Å². The molecule has 0 unspecified atom stereocenters. The molecule has 0 N–H and O–H groups in total. The number of esters is 1. The molecule has 1 aromatic carbocycles. The van der Waals surface area contributed by atoms with E-state index in [2.05, 4.69) is 10.1 Å². The lowest BCUT2D eigenvalue weighted by Crippen LogP contribution is -2.03. The molecule has 7 nitrogen and oxygen atoms in total. The van der Waals surface area contributed by atoms with Crippen LogP contribution in [0.2, 0.25) is 0 Å². The summed E-state index contributed by atoms with van der Waals surface area (Å²) in [6, 6.07) is 8.86. The Hall–Kier alpha value is -2.87. The molecular weight excluding hydrogens is 344 g/mol. The molecule has 0 fully saturated rings. The van der Waals surface area contributed by atoms with E-state index in [0.717, 1.165) is 4.88 Å². The molecule has 0 saturated heterocycles. The maximum absolute atomic E-state index is 11.9. The van der Waals surface area contributed by atoms with E-state index in [1.54, 1.807) is 38.5 Å². The second kappa shape index (κ2) is 7.35. The first kappa shape index (κ1) is 17.0. The van der Waals surface area contributed by atoms with Crippen molar-refractivity contribution in [3.63, 3.8) is 0 Å². The van der Waals surface area contributed by atoms with E-state index in [1.807, 2.05) is 13.0 Å². The van der Waals surface area contributed by atoms with Crippen LogP contribution in [0.4, 0.5) is 0 Å². The quantitative estimate of drug-likeness (QED) is 0.622. The summed E-state index contributed by atoms with van der Waals surface area (Å²) in [5.41, 5.74) is 0.651. The summed E-state index contributed by atoms with van der Waals surface area (Å²) in [5.74, 6) is 1.34. The molecule has 0 spiro atoms. The van der Waals surface area contributed by atoms with Gasteiger partial charge in [-0.1, -0.05) is 5.16 Å². The zero-order chi connectivity index (χ0) is 17.8. The van der Waals surface area contributed by atoms with Gasteiger partial charge in [-0.15, -0.1) is 11.3 Å². The van der Waals surface area contributed by atoms with Crippen molar-refractivity contribution in [3.05, 3.63) is 46.0 Å². The Bertz CT molecular complexity index is 887. The van der Waals surface area contributed by atoms with Crippen LogP contribution in [0.15, 0.2) is 34.9 Å². The van der Waals surface area contributed by atoms with Gasteiger partial charge in [0.2, 0.25) is 5.82 Å². The van der Waals surface area contributed by atoms with Crippen molar-refractivity contribution in [1.82, 2.24) is 10.1 Å². The number of thiophene rings is 1. The first-order chi connectivity index (χ1) is 12.1. The summed E-state index contributed by atoms with van der Waals surface area (Å²) in [6.07, 6.45) is 0. The standard InChI is InChI=1S/C17H16N2O5S/c1-10-4-7-14(25-10)17(20)23-9-15-18-16(19-24-15)12-6-5-11(21-2)8-13(12)22-3/h4-8H,9H2,1-3H3. The molecule has 3 rings (SSSR count). The van der Waals surface area contributed by atoms with E-state index in [1.165, 1.54) is 11.3 Å². The van der Waals surface area contributed by atoms with Crippen LogP contribution in [-0.4, -0.2) is 30.3 Å². The highest BCUT2D eigenvalue weighted by molar-refractivity contribution is 7.13. The SMILES string of the molecule is COc1ccc(-c2noc(COC(=O)c3ccc(C)s3)n2)c(OC)c1. The maximum atomic E-state index is 11.9. The summed E-state index contributed by atoms with van der Waals surface area (Å²) in [5, 5.41) is 3.91. The zero-order valence-electron chi connectivity index (χ0n) is 13.9. The molecule has 25 heavy (non-hydrogen) atoms. The van der Waals surface area contributed by atoms with Crippen molar-refractivity contribution >= 4 is 17.3 Å². The molecule has 2 aromatic heterocycles. The van der Waals surface area contributed by atoms with Crippen molar-refractivity contribution in [1.29, 1.82) is 0 Å².